The van der Waals surface area contributed by atoms with Gasteiger partial charge >= 0.3 is 0 Å². The van der Waals surface area contributed by atoms with E-state index in [0.29, 0.717) is 0 Å². The van der Waals surface area contributed by atoms with Gasteiger partial charge in [-0.15, -0.1) is 11.3 Å². The van der Waals surface area contributed by atoms with Crippen LogP contribution in [0.4, 0.5) is 0 Å². The number of fused-ring (bicyclic) bond motifs is 11. The molecule has 11 aromatic rings. The largest absolute Gasteiger partial charge is 0.456 e. The minimum Gasteiger partial charge on any atom is -0.456 e. The topological polar surface area (TPSA) is 13.1 Å². The summed E-state index contributed by atoms with van der Waals surface area (Å²) in [4.78, 5) is 0. The van der Waals surface area contributed by atoms with Crippen LogP contribution in [0, 0.1) is 0 Å². The van der Waals surface area contributed by atoms with Crippen molar-refractivity contribution in [2.75, 3.05) is 0 Å². The molecule has 2 heteroatoms. The Morgan fingerprint density at radius 2 is 0.917 bits per heavy atom. The Morgan fingerprint density at radius 3 is 1.67 bits per heavy atom. The van der Waals surface area contributed by atoms with E-state index < -0.39 is 0 Å². The van der Waals surface area contributed by atoms with Gasteiger partial charge in [0.2, 0.25) is 0 Å². The molecular formula is C46H26OS. The highest BCUT2D eigenvalue weighted by atomic mass is 32.1. The van der Waals surface area contributed by atoms with Crippen LogP contribution < -0.4 is 0 Å². The Bertz CT molecular complexity index is 3060. The maximum atomic E-state index is 6.23. The molecule has 2 aromatic heterocycles. The molecule has 0 saturated heterocycles. The molecule has 0 aliphatic heterocycles. The second-order valence-corrected chi connectivity index (χ2v) is 13.9. The van der Waals surface area contributed by atoms with E-state index in [1.165, 1.54) is 96.3 Å². The van der Waals surface area contributed by atoms with Crippen molar-refractivity contribution in [3.63, 3.8) is 0 Å². The Kier molecular flexibility index (Phi) is 5.32. The lowest BCUT2D eigenvalue weighted by molar-refractivity contribution is 0.669. The van der Waals surface area contributed by atoms with Gasteiger partial charge in [-0.3, -0.25) is 0 Å². The van der Waals surface area contributed by atoms with Gasteiger partial charge < -0.3 is 4.42 Å². The van der Waals surface area contributed by atoms with Gasteiger partial charge in [-0.05, 0) is 108 Å². The van der Waals surface area contributed by atoms with Crippen LogP contribution in [0.5, 0.6) is 0 Å². The summed E-state index contributed by atoms with van der Waals surface area (Å²) in [6.45, 7) is 0. The first-order chi connectivity index (χ1) is 23.8. The minimum absolute atomic E-state index is 0.937. The highest BCUT2D eigenvalue weighted by molar-refractivity contribution is 7.25. The van der Waals surface area contributed by atoms with Crippen LogP contribution in [0.3, 0.4) is 0 Å². The van der Waals surface area contributed by atoms with Crippen LogP contribution in [0.2, 0.25) is 0 Å². The van der Waals surface area contributed by atoms with Gasteiger partial charge in [-0.1, -0.05) is 115 Å². The molecule has 0 aliphatic rings. The average Bonchev–Trinajstić information content (AvgIpc) is 3.70. The predicted octanol–water partition coefficient (Wildman–Crippen LogP) is 13.9. The summed E-state index contributed by atoms with van der Waals surface area (Å²) in [5.41, 5.74) is 6.96. The van der Waals surface area contributed by atoms with Crippen molar-refractivity contribution in [1.82, 2.24) is 0 Å². The smallest absolute Gasteiger partial charge is 0.136 e. The van der Waals surface area contributed by atoms with Crippen molar-refractivity contribution in [3.8, 4) is 22.3 Å². The normalized spacial score (nSPS) is 12.2. The Labute approximate surface area is 279 Å². The first kappa shape index (κ1) is 26.1. The molecule has 0 fully saturated rings. The third-order valence-corrected chi connectivity index (χ3v) is 11.3. The SMILES string of the molecule is c1ccc2cc(-c3c4ccccc4c(-c4ccc5sc6cc7c(ccc8oc9ccccc9c87)cc6c5c4)c4ccccc34)ccc2c1. The summed E-state index contributed by atoms with van der Waals surface area (Å²) < 4.78 is 8.83. The maximum absolute atomic E-state index is 6.23. The van der Waals surface area contributed by atoms with Crippen LogP contribution >= 0.6 is 11.3 Å². The number of thiophene rings is 1. The van der Waals surface area contributed by atoms with Gasteiger partial charge in [0, 0.05) is 30.9 Å². The van der Waals surface area contributed by atoms with Crippen molar-refractivity contribution in [2.45, 2.75) is 0 Å². The van der Waals surface area contributed by atoms with E-state index in [4.69, 9.17) is 4.42 Å². The van der Waals surface area contributed by atoms with Crippen molar-refractivity contribution in [3.05, 3.63) is 158 Å². The third kappa shape index (κ3) is 3.66. The lowest BCUT2D eigenvalue weighted by Crippen LogP contribution is -1.91. The van der Waals surface area contributed by atoms with E-state index in [1.807, 2.05) is 17.4 Å². The number of hydrogen-bond acceptors (Lipinski definition) is 2. The van der Waals surface area contributed by atoms with Gasteiger partial charge in [0.25, 0.3) is 0 Å². The van der Waals surface area contributed by atoms with E-state index >= 15 is 0 Å². The van der Waals surface area contributed by atoms with Crippen molar-refractivity contribution < 1.29 is 4.42 Å². The van der Waals surface area contributed by atoms with Gasteiger partial charge in [-0.25, -0.2) is 0 Å². The molecule has 2 heterocycles. The van der Waals surface area contributed by atoms with Gasteiger partial charge in [0.05, 0.1) is 0 Å². The van der Waals surface area contributed by atoms with Crippen molar-refractivity contribution in [2.24, 2.45) is 0 Å². The molecule has 0 N–H and O–H groups in total. The first-order valence-corrected chi connectivity index (χ1v) is 17.2. The highest BCUT2D eigenvalue weighted by Crippen LogP contribution is 2.46. The standard InChI is InChI=1S/C46H26OS/c1-2-10-28-23-30(18-17-27(28)9-1)44-32-11-3-5-13-34(32)45(35-14-6-4-12-33(35)44)31-20-22-42-38(25-31)39-24-29-19-21-41-46(37(29)26-43(39)48-42)36-15-7-8-16-40(36)47-41/h1-26H. The van der Waals surface area contributed by atoms with Crippen LogP contribution in [0.25, 0.3) is 107 Å². The van der Waals surface area contributed by atoms with E-state index in [-0.39, 0.29) is 0 Å². The van der Waals surface area contributed by atoms with Crippen LogP contribution in [-0.4, -0.2) is 0 Å². The number of rotatable bonds is 2. The fourth-order valence-corrected chi connectivity index (χ4v) is 9.18. The molecule has 1 nitrogen and oxygen atoms in total. The fraction of sp³-hybridized carbons (Fsp3) is 0. The Balaban J connectivity index is 1.18. The van der Waals surface area contributed by atoms with Crippen LogP contribution in [-0.2, 0) is 0 Å². The number of furan rings is 1. The molecule has 0 spiro atoms. The molecule has 9 aromatic carbocycles. The van der Waals surface area contributed by atoms with E-state index in [9.17, 15) is 0 Å². The summed E-state index contributed by atoms with van der Waals surface area (Å²) in [5, 5.41) is 15.1. The quantitative estimate of drug-likeness (QED) is 0.174. The summed E-state index contributed by atoms with van der Waals surface area (Å²) in [6, 6.07) is 57.9. The van der Waals surface area contributed by atoms with Crippen molar-refractivity contribution >= 4 is 96.5 Å². The summed E-state index contributed by atoms with van der Waals surface area (Å²) in [7, 11) is 0. The van der Waals surface area contributed by atoms with E-state index in [1.54, 1.807) is 0 Å². The molecule has 0 atom stereocenters. The summed E-state index contributed by atoms with van der Waals surface area (Å²) >= 11 is 1.87. The van der Waals surface area contributed by atoms with E-state index in [0.717, 1.165) is 11.2 Å². The zero-order chi connectivity index (χ0) is 31.3. The fourth-order valence-electron chi connectivity index (χ4n) is 8.07. The van der Waals surface area contributed by atoms with Crippen LogP contribution in [0.1, 0.15) is 0 Å². The lowest BCUT2D eigenvalue weighted by atomic mass is 9.85. The molecule has 0 saturated carbocycles. The lowest BCUT2D eigenvalue weighted by Gasteiger charge is -2.18. The second kappa shape index (κ2) is 9.78. The third-order valence-electron chi connectivity index (χ3n) is 10.2. The Hall–Kier alpha value is -5.96. The van der Waals surface area contributed by atoms with E-state index in [2.05, 4.69) is 152 Å². The summed E-state index contributed by atoms with van der Waals surface area (Å²) in [5.74, 6) is 0. The maximum Gasteiger partial charge on any atom is 0.136 e. The number of para-hydroxylation sites is 1. The minimum atomic E-state index is 0.937. The molecule has 0 aliphatic carbocycles. The molecule has 0 bridgehead atoms. The molecular weight excluding hydrogens is 601 g/mol. The molecule has 0 amide bonds. The number of hydrogen-bond donors (Lipinski definition) is 0. The van der Waals surface area contributed by atoms with Gasteiger partial charge in [0.15, 0.2) is 0 Å². The van der Waals surface area contributed by atoms with Crippen molar-refractivity contribution in [1.29, 1.82) is 0 Å². The predicted molar refractivity (Wildman–Crippen MR) is 208 cm³/mol. The average molecular weight is 627 g/mol. The molecule has 0 radical (unpaired) electrons. The zero-order valence-electron chi connectivity index (χ0n) is 25.8. The molecule has 48 heavy (non-hydrogen) atoms. The van der Waals surface area contributed by atoms with Gasteiger partial charge in [-0.2, -0.15) is 0 Å². The first-order valence-electron chi connectivity index (χ1n) is 16.4. The van der Waals surface area contributed by atoms with Crippen LogP contribution in [0.15, 0.2) is 162 Å². The molecule has 222 valence electrons. The Morgan fingerprint density at radius 1 is 0.333 bits per heavy atom. The molecule has 0 unspecified atom stereocenters. The zero-order valence-corrected chi connectivity index (χ0v) is 26.6. The second-order valence-electron chi connectivity index (χ2n) is 12.8. The number of benzene rings is 9. The van der Waals surface area contributed by atoms with Gasteiger partial charge in [0.1, 0.15) is 11.2 Å². The highest BCUT2D eigenvalue weighted by Gasteiger charge is 2.18. The summed E-state index contributed by atoms with van der Waals surface area (Å²) in [6.07, 6.45) is 0. The monoisotopic (exact) mass is 626 g/mol. The molecule has 11 rings (SSSR count).